The molecule has 0 amide bonds. The van der Waals surface area contributed by atoms with Crippen molar-refractivity contribution in [3.05, 3.63) is 18.3 Å². The zero-order valence-electron chi connectivity index (χ0n) is 5.09. The van der Waals surface area contributed by atoms with Gasteiger partial charge in [0.1, 0.15) is 0 Å². The molecule has 0 saturated heterocycles. The van der Waals surface area contributed by atoms with E-state index in [4.69, 9.17) is 0 Å². The first kappa shape index (κ1) is 4.09. The second-order valence-electron chi connectivity index (χ2n) is 1.00. The molecule has 1 N–H and O–H groups in total. The standard InChI is InChI=1S/C4H4N.Os.2H/c1-2-4-5-3-1;;;/h1-3,5H;;;/q;+2;2*-1. The van der Waals surface area contributed by atoms with Crippen molar-refractivity contribution in [3.8, 4) is 0 Å². The second kappa shape index (κ2) is 1.58. The molecule has 6 heavy (non-hydrogen) atoms. The van der Waals surface area contributed by atoms with Crippen molar-refractivity contribution in [2.75, 3.05) is 0 Å². The van der Waals surface area contributed by atoms with E-state index in [1.165, 1.54) is 4.25 Å². The van der Waals surface area contributed by atoms with Gasteiger partial charge in [-0.25, -0.2) is 0 Å². The van der Waals surface area contributed by atoms with Crippen LogP contribution in [0.15, 0.2) is 18.3 Å². The Hall–Kier alpha value is -0.0836. The van der Waals surface area contributed by atoms with Gasteiger partial charge in [-0.1, -0.05) is 0 Å². The zero-order valence-corrected chi connectivity index (χ0v) is 5.63. The molecule has 0 unspecified atom stereocenters. The van der Waals surface area contributed by atoms with Gasteiger partial charge in [-0.05, 0) is 0 Å². The fourth-order valence-electron chi connectivity index (χ4n) is 0.304. The Morgan fingerprint density at radius 3 is 2.83 bits per heavy atom. The first-order valence-corrected chi connectivity index (χ1v) is 2.94. The summed E-state index contributed by atoms with van der Waals surface area (Å²) in [5.74, 6) is 0. The van der Waals surface area contributed by atoms with Crippen molar-refractivity contribution in [2.45, 2.75) is 0 Å². The van der Waals surface area contributed by atoms with Crippen LogP contribution in [0, 0.1) is 0 Å². The number of aromatic nitrogens is 1. The van der Waals surface area contributed by atoms with Gasteiger partial charge in [0.25, 0.3) is 0 Å². The molecule has 0 aliphatic carbocycles. The molecule has 0 fully saturated rings. The van der Waals surface area contributed by atoms with Crippen LogP contribution in [0.3, 0.4) is 0 Å². The van der Waals surface area contributed by atoms with E-state index < -0.39 is 0 Å². The SMILES string of the molecule is [H-].[H-].[Os+2][c]1ccc[nH]1. The molecule has 0 aliphatic heterocycles. The van der Waals surface area contributed by atoms with E-state index in [9.17, 15) is 0 Å². The zero-order chi connectivity index (χ0) is 4.41. The molecule has 0 aliphatic rings. The maximum absolute atomic E-state index is 3.01. The summed E-state index contributed by atoms with van der Waals surface area (Å²) in [6.45, 7) is 0. The van der Waals surface area contributed by atoms with Crippen LogP contribution in [-0.2, 0) is 18.6 Å². The quantitative estimate of drug-likeness (QED) is 0.694. The third-order valence-corrected chi connectivity index (χ3v) is 1.34. The number of hydrogen-bond acceptors (Lipinski definition) is 0. The molecule has 1 rings (SSSR count). The Bertz CT molecular complexity index is 118. The number of H-pyrrole nitrogens is 1. The molecular formula is C4H6NOs. The summed E-state index contributed by atoms with van der Waals surface area (Å²) in [6.07, 6.45) is 1.92. The van der Waals surface area contributed by atoms with Crippen LogP contribution < -0.4 is 4.25 Å². The average molecular weight is 258 g/mol. The van der Waals surface area contributed by atoms with E-state index >= 15 is 0 Å². The second-order valence-corrected chi connectivity index (χ2v) is 2.37. The summed E-state index contributed by atoms with van der Waals surface area (Å²) in [6, 6.07) is 4.03. The van der Waals surface area contributed by atoms with Crippen LogP contribution in [-0.4, -0.2) is 4.98 Å². The van der Waals surface area contributed by atoms with Crippen molar-refractivity contribution in [1.29, 1.82) is 0 Å². The van der Waals surface area contributed by atoms with Crippen LogP contribution >= 0.6 is 0 Å². The number of rotatable bonds is 0. The minimum atomic E-state index is 0. The monoisotopic (exact) mass is 260 g/mol. The molecule has 1 heterocycles. The molecule has 0 saturated carbocycles. The first-order valence-electron chi connectivity index (χ1n) is 1.67. The molecule has 0 radical (unpaired) electrons. The van der Waals surface area contributed by atoms with Crippen molar-refractivity contribution >= 4 is 4.25 Å². The molecule has 0 atom stereocenters. The Morgan fingerprint density at radius 1 is 1.83 bits per heavy atom. The van der Waals surface area contributed by atoms with E-state index in [0.29, 0.717) is 0 Å². The normalized spacial score (nSPS) is 8.67. The van der Waals surface area contributed by atoms with Gasteiger partial charge in [-0.2, -0.15) is 0 Å². The Morgan fingerprint density at radius 2 is 2.67 bits per heavy atom. The van der Waals surface area contributed by atoms with Gasteiger partial charge in [0.2, 0.25) is 0 Å². The van der Waals surface area contributed by atoms with Crippen LogP contribution in [0.5, 0.6) is 0 Å². The third-order valence-electron chi connectivity index (χ3n) is 0.552. The predicted molar refractivity (Wildman–Crippen MR) is 22.7 cm³/mol. The molecule has 1 aromatic rings. The average Bonchev–Trinajstić information content (AvgIpc) is 1.86. The molecule has 0 spiro atoms. The fraction of sp³-hybridized carbons (Fsp3) is 0. The molecule has 2 heteroatoms. The first-order chi connectivity index (χ1) is 2.89. The van der Waals surface area contributed by atoms with Gasteiger partial charge >= 0.3 is 46.2 Å². The third kappa shape index (κ3) is 0.696. The van der Waals surface area contributed by atoms with Gasteiger partial charge in [0.05, 0.1) is 0 Å². The molecule has 1 nitrogen and oxygen atoms in total. The topological polar surface area (TPSA) is 15.8 Å². The van der Waals surface area contributed by atoms with Crippen LogP contribution in [0.4, 0.5) is 0 Å². The minimum absolute atomic E-state index is 0. The summed E-state index contributed by atoms with van der Waals surface area (Å²) in [5, 5.41) is 0. The van der Waals surface area contributed by atoms with Crippen LogP contribution in [0.25, 0.3) is 0 Å². The van der Waals surface area contributed by atoms with Gasteiger partial charge < -0.3 is 2.85 Å². The van der Waals surface area contributed by atoms with Crippen LogP contribution in [0.1, 0.15) is 2.85 Å². The fourth-order valence-corrected chi connectivity index (χ4v) is 0.760. The van der Waals surface area contributed by atoms with Crippen molar-refractivity contribution in [3.63, 3.8) is 0 Å². The predicted octanol–water partition coefficient (Wildman–Crippen LogP) is 0.412. The van der Waals surface area contributed by atoms with Gasteiger partial charge in [0.15, 0.2) is 0 Å². The maximum atomic E-state index is 3.01. The van der Waals surface area contributed by atoms with Gasteiger partial charge in [0, 0.05) is 0 Å². The van der Waals surface area contributed by atoms with Crippen molar-refractivity contribution in [1.82, 2.24) is 4.98 Å². The van der Waals surface area contributed by atoms with E-state index in [0.717, 1.165) is 0 Å². The molecule has 0 aromatic carbocycles. The summed E-state index contributed by atoms with van der Waals surface area (Å²) < 4.78 is 1.25. The summed E-state index contributed by atoms with van der Waals surface area (Å²) >= 11 is 1.85. The van der Waals surface area contributed by atoms with Gasteiger partial charge in [-0.15, -0.1) is 0 Å². The molecule has 1 aromatic heterocycles. The van der Waals surface area contributed by atoms with Gasteiger partial charge in [-0.3, -0.25) is 0 Å². The summed E-state index contributed by atoms with van der Waals surface area (Å²) in [7, 11) is 0. The number of aromatic amines is 1. The number of nitrogens with one attached hydrogen (secondary N) is 1. The van der Waals surface area contributed by atoms with E-state index in [1.807, 2.05) is 36.9 Å². The van der Waals surface area contributed by atoms with Crippen molar-refractivity contribution < 1.29 is 21.5 Å². The molecule has 0 bridgehead atoms. The summed E-state index contributed by atoms with van der Waals surface area (Å²) in [5.41, 5.74) is 0. The number of hydrogen-bond donors (Lipinski definition) is 1. The summed E-state index contributed by atoms with van der Waals surface area (Å²) in [4.78, 5) is 3.01. The van der Waals surface area contributed by atoms with Crippen molar-refractivity contribution in [2.24, 2.45) is 0 Å². The Kier molecular flexibility index (Phi) is 1.07. The molecule has 35 valence electrons. The Labute approximate surface area is 49.7 Å². The van der Waals surface area contributed by atoms with E-state index in [-0.39, 0.29) is 2.85 Å². The van der Waals surface area contributed by atoms with E-state index in [2.05, 4.69) is 4.98 Å². The van der Waals surface area contributed by atoms with E-state index in [1.54, 1.807) is 0 Å². The van der Waals surface area contributed by atoms with Crippen LogP contribution in [0.2, 0.25) is 0 Å². The molecular weight excluding hydrogens is 252 g/mol. The Balaban J connectivity index is 0.